The highest BCUT2D eigenvalue weighted by atomic mass is 19.4. The third kappa shape index (κ3) is 6.16. The number of carbonyl (C=O) groups excluding carboxylic acids is 2. The lowest BCUT2D eigenvalue weighted by Crippen LogP contribution is -2.31. The molecule has 1 rings (SSSR count). The number of nitrogens with zero attached hydrogens (tertiary/aromatic N) is 3. The van der Waals surface area contributed by atoms with Crippen molar-refractivity contribution in [2.24, 2.45) is 0 Å². The number of hydrogen-bond donors (Lipinski definition) is 2. The molecule has 2 amide bonds. The molecule has 0 spiro atoms. The van der Waals surface area contributed by atoms with Gasteiger partial charge in [-0.3, -0.25) is 9.59 Å². The highest BCUT2D eigenvalue weighted by Gasteiger charge is 2.26. The van der Waals surface area contributed by atoms with Gasteiger partial charge in [-0.2, -0.15) is 13.2 Å². The molecule has 20 heavy (non-hydrogen) atoms. The largest absolute Gasteiger partial charge is 0.390 e. The number of amides is 2. The standard InChI is InChI=1S/C10H14F3N5O2/c1-2-8(19)15-7-5-18(17-16-7)6-9(20)14-4-3-10(11,12)13/h5H,2-4,6H2,1H3,(H,14,20)(H,15,19). The van der Waals surface area contributed by atoms with Crippen LogP contribution in [0, 0.1) is 0 Å². The van der Waals surface area contributed by atoms with Gasteiger partial charge in [0.05, 0.1) is 12.6 Å². The Kier molecular flexibility index (Phi) is 5.47. The molecule has 0 aliphatic carbocycles. The smallest absolute Gasteiger partial charge is 0.354 e. The van der Waals surface area contributed by atoms with Crippen LogP contribution in [0.4, 0.5) is 19.0 Å². The van der Waals surface area contributed by atoms with Crippen molar-refractivity contribution in [1.29, 1.82) is 0 Å². The Hall–Kier alpha value is -2.13. The fraction of sp³-hybridized carbons (Fsp3) is 0.600. The van der Waals surface area contributed by atoms with Crippen LogP contribution in [-0.2, 0) is 16.1 Å². The van der Waals surface area contributed by atoms with E-state index in [4.69, 9.17) is 0 Å². The molecule has 0 aromatic carbocycles. The van der Waals surface area contributed by atoms with Crippen LogP contribution in [0.5, 0.6) is 0 Å². The molecule has 0 saturated heterocycles. The third-order valence-corrected chi connectivity index (χ3v) is 2.16. The van der Waals surface area contributed by atoms with E-state index in [9.17, 15) is 22.8 Å². The fourth-order valence-electron chi connectivity index (χ4n) is 1.21. The summed E-state index contributed by atoms with van der Waals surface area (Å²) in [5.41, 5.74) is 0. The minimum absolute atomic E-state index is 0.181. The van der Waals surface area contributed by atoms with Gasteiger partial charge in [-0.1, -0.05) is 12.1 Å². The van der Waals surface area contributed by atoms with E-state index in [2.05, 4.69) is 20.9 Å². The van der Waals surface area contributed by atoms with Gasteiger partial charge in [0.1, 0.15) is 6.54 Å². The van der Waals surface area contributed by atoms with Gasteiger partial charge in [0, 0.05) is 13.0 Å². The Morgan fingerprint density at radius 3 is 2.65 bits per heavy atom. The summed E-state index contributed by atoms with van der Waals surface area (Å²) in [6, 6.07) is 0. The quantitative estimate of drug-likeness (QED) is 0.808. The highest BCUT2D eigenvalue weighted by Crippen LogP contribution is 2.18. The normalized spacial score (nSPS) is 11.2. The molecule has 1 aromatic heterocycles. The van der Waals surface area contributed by atoms with Gasteiger partial charge in [0.2, 0.25) is 11.8 Å². The molecule has 0 saturated carbocycles. The maximum Gasteiger partial charge on any atom is 0.390 e. The number of alkyl halides is 3. The van der Waals surface area contributed by atoms with Crippen molar-refractivity contribution in [2.75, 3.05) is 11.9 Å². The maximum absolute atomic E-state index is 11.9. The average Bonchev–Trinajstić information content (AvgIpc) is 2.74. The van der Waals surface area contributed by atoms with Crippen LogP contribution in [0.1, 0.15) is 19.8 Å². The van der Waals surface area contributed by atoms with Crippen LogP contribution in [-0.4, -0.2) is 39.5 Å². The molecule has 0 bridgehead atoms. The zero-order valence-corrected chi connectivity index (χ0v) is 10.7. The summed E-state index contributed by atoms with van der Waals surface area (Å²) < 4.78 is 36.7. The van der Waals surface area contributed by atoms with Gasteiger partial charge in [-0.15, -0.1) is 5.10 Å². The Labute approximate surface area is 112 Å². The zero-order chi connectivity index (χ0) is 15.2. The second kappa shape index (κ2) is 6.87. The lowest BCUT2D eigenvalue weighted by Gasteiger charge is -2.07. The molecule has 0 unspecified atom stereocenters. The van der Waals surface area contributed by atoms with E-state index in [-0.39, 0.29) is 24.7 Å². The Morgan fingerprint density at radius 1 is 1.35 bits per heavy atom. The monoisotopic (exact) mass is 293 g/mol. The molecule has 0 aliphatic rings. The van der Waals surface area contributed by atoms with E-state index < -0.39 is 25.0 Å². The van der Waals surface area contributed by atoms with Crippen molar-refractivity contribution in [2.45, 2.75) is 32.5 Å². The SMILES string of the molecule is CCC(=O)Nc1cn(CC(=O)NCCC(F)(F)F)nn1. The number of hydrogen-bond acceptors (Lipinski definition) is 4. The molecule has 1 aromatic rings. The van der Waals surface area contributed by atoms with Crippen molar-refractivity contribution in [3.63, 3.8) is 0 Å². The predicted octanol–water partition coefficient (Wildman–Crippen LogP) is 0.695. The number of rotatable bonds is 6. The summed E-state index contributed by atoms with van der Waals surface area (Å²) in [6.45, 7) is 0.900. The molecule has 10 heteroatoms. The first-order valence-corrected chi connectivity index (χ1v) is 5.83. The van der Waals surface area contributed by atoms with E-state index in [0.717, 1.165) is 4.68 Å². The average molecular weight is 293 g/mol. The van der Waals surface area contributed by atoms with Gasteiger partial charge in [-0.05, 0) is 0 Å². The lowest BCUT2D eigenvalue weighted by molar-refractivity contribution is -0.135. The molecule has 0 radical (unpaired) electrons. The van der Waals surface area contributed by atoms with E-state index >= 15 is 0 Å². The number of carbonyl (C=O) groups is 2. The molecule has 0 fully saturated rings. The Balaban J connectivity index is 2.37. The van der Waals surface area contributed by atoms with Crippen molar-refractivity contribution in [1.82, 2.24) is 20.3 Å². The van der Waals surface area contributed by atoms with Crippen LogP contribution in [0.3, 0.4) is 0 Å². The van der Waals surface area contributed by atoms with Gasteiger partial charge >= 0.3 is 6.18 Å². The number of nitrogens with one attached hydrogen (secondary N) is 2. The van der Waals surface area contributed by atoms with Crippen molar-refractivity contribution >= 4 is 17.6 Å². The van der Waals surface area contributed by atoms with Gasteiger partial charge in [0.15, 0.2) is 5.82 Å². The highest BCUT2D eigenvalue weighted by molar-refractivity contribution is 5.89. The van der Waals surface area contributed by atoms with E-state index in [0.29, 0.717) is 0 Å². The van der Waals surface area contributed by atoms with E-state index in [1.54, 1.807) is 6.92 Å². The fourth-order valence-corrected chi connectivity index (χ4v) is 1.21. The van der Waals surface area contributed by atoms with Gasteiger partial charge in [0.25, 0.3) is 0 Å². The molecular formula is C10H14F3N5O2. The van der Waals surface area contributed by atoms with Crippen molar-refractivity contribution in [3.8, 4) is 0 Å². The molecule has 0 aliphatic heterocycles. The van der Waals surface area contributed by atoms with Crippen molar-refractivity contribution < 1.29 is 22.8 Å². The van der Waals surface area contributed by atoms with Gasteiger partial charge < -0.3 is 10.6 Å². The molecule has 2 N–H and O–H groups in total. The first kappa shape index (κ1) is 15.9. The maximum atomic E-state index is 11.9. The van der Waals surface area contributed by atoms with Crippen LogP contribution >= 0.6 is 0 Å². The predicted molar refractivity (Wildman–Crippen MR) is 62.6 cm³/mol. The van der Waals surface area contributed by atoms with Gasteiger partial charge in [-0.25, -0.2) is 4.68 Å². The summed E-state index contributed by atoms with van der Waals surface area (Å²) in [5.74, 6) is -0.695. The molecule has 1 heterocycles. The molecule has 7 nitrogen and oxygen atoms in total. The summed E-state index contributed by atoms with van der Waals surface area (Å²) in [6.07, 6.45) is -3.81. The summed E-state index contributed by atoms with van der Waals surface area (Å²) >= 11 is 0. The van der Waals surface area contributed by atoms with Crippen molar-refractivity contribution in [3.05, 3.63) is 6.20 Å². The van der Waals surface area contributed by atoms with E-state index in [1.807, 2.05) is 0 Å². The molecular weight excluding hydrogens is 279 g/mol. The molecule has 112 valence electrons. The van der Waals surface area contributed by atoms with Crippen LogP contribution in [0.25, 0.3) is 0 Å². The first-order chi connectivity index (χ1) is 9.30. The Morgan fingerprint density at radius 2 is 2.05 bits per heavy atom. The molecule has 0 atom stereocenters. The van der Waals surface area contributed by atoms with Crippen LogP contribution in [0.2, 0.25) is 0 Å². The summed E-state index contributed by atoms with van der Waals surface area (Å²) in [7, 11) is 0. The topological polar surface area (TPSA) is 88.9 Å². The lowest BCUT2D eigenvalue weighted by atomic mass is 10.4. The van der Waals surface area contributed by atoms with Crippen LogP contribution < -0.4 is 10.6 Å². The third-order valence-electron chi connectivity index (χ3n) is 2.16. The zero-order valence-electron chi connectivity index (χ0n) is 10.7. The van der Waals surface area contributed by atoms with Crippen LogP contribution in [0.15, 0.2) is 6.20 Å². The minimum Gasteiger partial charge on any atom is -0.354 e. The number of halogens is 3. The summed E-state index contributed by atoms with van der Waals surface area (Å²) in [4.78, 5) is 22.4. The summed E-state index contributed by atoms with van der Waals surface area (Å²) in [5, 5.41) is 11.7. The number of aromatic nitrogens is 3. The number of anilines is 1. The minimum atomic E-state index is -4.31. The van der Waals surface area contributed by atoms with E-state index in [1.165, 1.54) is 6.20 Å². The first-order valence-electron chi connectivity index (χ1n) is 5.83. The Bertz CT molecular complexity index is 472. The second-order valence-electron chi connectivity index (χ2n) is 3.92. The second-order valence-corrected chi connectivity index (χ2v) is 3.92.